The summed E-state index contributed by atoms with van der Waals surface area (Å²) in [5.74, 6) is 1.46. The van der Waals surface area contributed by atoms with E-state index in [0.717, 1.165) is 11.3 Å². The highest BCUT2D eigenvalue weighted by Crippen LogP contribution is 2.28. The molecule has 0 aliphatic heterocycles. The molecule has 3 rings (SSSR count). The second-order valence-corrected chi connectivity index (χ2v) is 8.74. The van der Waals surface area contributed by atoms with E-state index >= 15 is 0 Å². The summed E-state index contributed by atoms with van der Waals surface area (Å²) in [5.41, 5.74) is 3.68. The number of hydrogen-bond acceptors (Lipinski definition) is 6. The van der Waals surface area contributed by atoms with Crippen LogP contribution in [0.5, 0.6) is 0 Å². The van der Waals surface area contributed by atoms with E-state index in [4.69, 9.17) is 4.42 Å². The lowest BCUT2D eigenvalue weighted by molar-refractivity contribution is -0.129. The number of benzene rings is 1. The summed E-state index contributed by atoms with van der Waals surface area (Å²) in [4.78, 5) is 16.8. The molecule has 148 valence electrons. The van der Waals surface area contributed by atoms with Gasteiger partial charge in [-0.2, -0.15) is 0 Å². The lowest BCUT2D eigenvalue weighted by Crippen LogP contribution is -2.32. The predicted octanol–water partition coefficient (Wildman–Crippen LogP) is 5.25. The van der Waals surface area contributed by atoms with Crippen molar-refractivity contribution in [3.05, 3.63) is 52.2 Å². The molecule has 0 saturated heterocycles. The minimum absolute atomic E-state index is 0.0853. The molecule has 3 aromatic rings. The minimum Gasteiger partial charge on any atom is -0.418 e. The van der Waals surface area contributed by atoms with Crippen LogP contribution >= 0.6 is 23.1 Å². The van der Waals surface area contributed by atoms with E-state index in [9.17, 15) is 4.79 Å². The Kier molecular flexibility index (Phi) is 6.91. The standard InChI is InChI=1S/C21H25N3O2S2/c1-5-8-24(12-18-22-23-21(26-18)17-7-6-9-27-17)19(25)13-28-20-15(3)10-14(2)11-16(20)4/h6-7,9-11H,5,8,12-13H2,1-4H3. The quantitative estimate of drug-likeness (QED) is 0.470. The summed E-state index contributed by atoms with van der Waals surface area (Å²) in [6.45, 7) is 9.37. The number of hydrogen-bond donors (Lipinski definition) is 0. The Hall–Kier alpha value is -2.12. The first-order valence-corrected chi connectivity index (χ1v) is 11.2. The maximum atomic E-state index is 12.9. The van der Waals surface area contributed by atoms with Crippen molar-refractivity contribution in [3.63, 3.8) is 0 Å². The third-order valence-corrected chi connectivity index (χ3v) is 6.50. The Bertz CT molecular complexity index is 912. The van der Waals surface area contributed by atoms with E-state index in [0.29, 0.717) is 30.6 Å². The monoisotopic (exact) mass is 415 g/mol. The largest absolute Gasteiger partial charge is 0.418 e. The van der Waals surface area contributed by atoms with Crippen LogP contribution in [0.1, 0.15) is 35.9 Å². The highest BCUT2D eigenvalue weighted by atomic mass is 32.2. The lowest BCUT2D eigenvalue weighted by Gasteiger charge is -2.20. The van der Waals surface area contributed by atoms with Crippen molar-refractivity contribution in [2.45, 2.75) is 45.6 Å². The van der Waals surface area contributed by atoms with Crippen LogP contribution in [0.25, 0.3) is 10.8 Å². The predicted molar refractivity (Wildman–Crippen MR) is 115 cm³/mol. The van der Waals surface area contributed by atoms with E-state index in [1.165, 1.54) is 21.6 Å². The molecule has 0 unspecified atom stereocenters. The Morgan fingerprint density at radius 3 is 2.61 bits per heavy atom. The van der Waals surface area contributed by atoms with E-state index in [-0.39, 0.29) is 5.91 Å². The van der Waals surface area contributed by atoms with Crippen molar-refractivity contribution in [2.75, 3.05) is 12.3 Å². The van der Waals surface area contributed by atoms with Gasteiger partial charge in [-0.1, -0.05) is 30.7 Å². The van der Waals surface area contributed by atoms with Crippen molar-refractivity contribution in [3.8, 4) is 10.8 Å². The van der Waals surface area contributed by atoms with E-state index in [2.05, 4.69) is 50.0 Å². The van der Waals surface area contributed by atoms with Crippen LogP contribution in [0.3, 0.4) is 0 Å². The molecule has 0 aliphatic rings. The van der Waals surface area contributed by atoms with Gasteiger partial charge in [-0.25, -0.2) is 0 Å². The van der Waals surface area contributed by atoms with Gasteiger partial charge in [0.25, 0.3) is 5.89 Å². The maximum absolute atomic E-state index is 12.9. The van der Waals surface area contributed by atoms with Crippen molar-refractivity contribution >= 4 is 29.0 Å². The first kappa shape index (κ1) is 20.6. The molecule has 0 spiro atoms. The fraction of sp³-hybridized carbons (Fsp3) is 0.381. The third kappa shape index (κ3) is 5.02. The second-order valence-electron chi connectivity index (χ2n) is 6.81. The highest BCUT2D eigenvalue weighted by Gasteiger charge is 2.18. The second kappa shape index (κ2) is 9.39. The number of amides is 1. The van der Waals surface area contributed by atoms with Gasteiger partial charge in [-0.05, 0) is 49.8 Å². The van der Waals surface area contributed by atoms with Gasteiger partial charge in [0.1, 0.15) is 0 Å². The molecule has 0 bridgehead atoms. The molecule has 0 fully saturated rings. The van der Waals surface area contributed by atoms with Gasteiger partial charge < -0.3 is 9.32 Å². The molecule has 0 N–H and O–H groups in total. The van der Waals surface area contributed by atoms with Crippen LogP contribution in [0.2, 0.25) is 0 Å². The number of carbonyl (C=O) groups excluding carboxylic acids is 1. The number of aromatic nitrogens is 2. The van der Waals surface area contributed by atoms with Crippen LogP contribution in [-0.2, 0) is 11.3 Å². The molecular weight excluding hydrogens is 390 g/mol. The average Bonchev–Trinajstić information content (AvgIpc) is 3.31. The van der Waals surface area contributed by atoms with Crippen molar-refractivity contribution in [2.24, 2.45) is 0 Å². The smallest absolute Gasteiger partial charge is 0.257 e. The summed E-state index contributed by atoms with van der Waals surface area (Å²) in [6, 6.07) is 8.21. The zero-order chi connectivity index (χ0) is 20.1. The molecular formula is C21H25N3O2S2. The zero-order valence-corrected chi connectivity index (χ0v) is 18.3. The molecule has 2 aromatic heterocycles. The summed E-state index contributed by atoms with van der Waals surface area (Å²) in [7, 11) is 0. The first-order valence-electron chi connectivity index (χ1n) is 9.32. The summed E-state index contributed by atoms with van der Waals surface area (Å²) < 4.78 is 5.76. The van der Waals surface area contributed by atoms with Gasteiger partial charge in [0.05, 0.1) is 17.2 Å². The molecule has 0 aliphatic carbocycles. The van der Waals surface area contributed by atoms with Crippen molar-refractivity contribution < 1.29 is 9.21 Å². The van der Waals surface area contributed by atoms with E-state index < -0.39 is 0 Å². The van der Waals surface area contributed by atoms with Crippen molar-refractivity contribution in [1.82, 2.24) is 15.1 Å². The number of thiophene rings is 1. The summed E-state index contributed by atoms with van der Waals surface area (Å²) in [6.07, 6.45) is 0.880. The lowest BCUT2D eigenvalue weighted by atomic mass is 10.1. The van der Waals surface area contributed by atoms with Gasteiger partial charge >= 0.3 is 0 Å². The molecule has 28 heavy (non-hydrogen) atoms. The molecule has 2 heterocycles. The van der Waals surface area contributed by atoms with Gasteiger partial charge in [0.15, 0.2) is 0 Å². The van der Waals surface area contributed by atoms with Crippen LogP contribution in [0, 0.1) is 20.8 Å². The Morgan fingerprint density at radius 1 is 1.21 bits per heavy atom. The molecule has 5 nitrogen and oxygen atoms in total. The fourth-order valence-electron chi connectivity index (χ4n) is 3.16. The Morgan fingerprint density at radius 2 is 1.96 bits per heavy atom. The molecule has 0 atom stereocenters. The number of nitrogens with zero attached hydrogens (tertiary/aromatic N) is 3. The molecule has 1 aromatic carbocycles. The molecule has 7 heteroatoms. The van der Waals surface area contributed by atoms with E-state index in [1.54, 1.807) is 28.0 Å². The fourth-order valence-corrected chi connectivity index (χ4v) is 4.83. The minimum atomic E-state index is 0.0853. The van der Waals surface area contributed by atoms with E-state index in [1.807, 2.05) is 17.5 Å². The average molecular weight is 416 g/mol. The summed E-state index contributed by atoms with van der Waals surface area (Å²) >= 11 is 3.16. The third-order valence-electron chi connectivity index (χ3n) is 4.32. The zero-order valence-electron chi connectivity index (χ0n) is 16.7. The molecule has 0 radical (unpaired) electrons. The maximum Gasteiger partial charge on any atom is 0.257 e. The topological polar surface area (TPSA) is 59.2 Å². The molecule has 1 amide bonds. The van der Waals surface area contributed by atoms with Gasteiger partial charge in [-0.15, -0.1) is 33.3 Å². The molecule has 0 saturated carbocycles. The van der Waals surface area contributed by atoms with Crippen LogP contribution < -0.4 is 0 Å². The van der Waals surface area contributed by atoms with Gasteiger partial charge in [-0.3, -0.25) is 4.79 Å². The van der Waals surface area contributed by atoms with Gasteiger partial charge in [0.2, 0.25) is 11.8 Å². The number of carbonyl (C=O) groups is 1. The van der Waals surface area contributed by atoms with Crippen LogP contribution in [0.4, 0.5) is 0 Å². The highest BCUT2D eigenvalue weighted by molar-refractivity contribution is 8.00. The number of rotatable bonds is 8. The van der Waals surface area contributed by atoms with Crippen LogP contribution in [0.15, 0.2) is 39.0 Å². The number of aryl methyl sites for hydroxylation is 3. The van der Waals surface area contributed by atoms with Gasteiger partial charge in [0, 0.05) is 11.4 Å². The Labute approximate surface area is 174 Å². The first-order chi connectivity index (χ1) is 13.5. The number of thioether (sulfide) groups is 1. The SMILES string of the molecule is CCCN(Cc1nnc(-c2cccs2)o1)C(=O)CSc1c(C)cc(C)cc1C. The van der Waals surface area contributed by atoms with Crippen LogP contribution in [-0.4, -0.2) is 33.3 Å². The normalized spacial score (nSPS) is 11.0. The summed E-state index contributed by atoms with van der Waals surface area (Å²) in [5, 5.41) is 10.2. The Balaban J connectivity index is 1.66. The van der Waals surface area contributed by atoms with Crippen molar-refractivity contribution in [1.29, 1.82) is 0 Å².